The first kappa shape index (κ1) is 20.9. The molecule has 8 heteroatoms. The Morgan fingerprint density at radius 3 is 2.57 bits per heavy atom. The summed E-state index contributed by atoms with van der Waals surface area (Å²) in [6.07, 6.45) is 0.594. The Hall–Kier alpha value is -2.38. The highest BCUT2D eigenvalue weighted by Crippen LogP contribution is 2.30. The molecule has 1 aromatic heterocycles. The van der Waals surface area contributed by atoms with Crippen LogP contribution in [0.3, 0.4) is 0 Å². The molecule has 2 heterocycles. The number of imidazole rings is 1. The van der Waals surface area contributed by atoms with E-state index < -0.39 is 9.84 Å². The van der Waals surface area contributed by atoms with E-state index in [-0.39, 0.29) is 29.5 Å². The molecular formula is C22H24ClN3O3S. The Kier molecular flexibility index (Phi) is 5.36. The summed E-state index contributed by atoms with van der Waals surface area (Å²) in [4.78, 5) is 19.4. The number of carbonyl (C=O) groups is 1. The number of rotatable bonds is 4. The molecule has 4 rings (SSSR count). The lowest BCUT2D eigenvalue weighted by molar-refractivity contribution is 0.0743. The number of hydrogen-bond acceptors (Lipinski definition) is 4. The molecule has 1 aliphatic rings. The van der Waals surface area contributed by atoms with Gasteiger partial charge in [-0.2, -0.15) is 0 Å². The molecule has 0 N–H and O–H groups in total. The molecule has 0 radical (unpaired) electrons. The van der Waals surface area contributed by atoms with Gasteiger partial charge in [-0.25, -0.2) is 13.4 Å². The van der Waals surface area contributed by atoms with Crippen LogP contribution >= 0.6 is 11.6 Å². The maximum atomic E-state index is 13.1. The normalized spacial score (nSPS) is 19.1. The molecule has 30 heavy (non-hydrogen) atoms. The van der Waals surface area contributed by atoms with Crippen LogP contribution in [0.1, 0.15) is 47.2 Å². The molecular weight excluding hydrogens is 422 g/mol. The summed E-state index contributed by atoms with van der Waals surface area (Å²) >= 11 is 5.96. The van der Waals surface area contributed by atoms with Crippen molar-refractivity contribution >= 4 is 38.4 Å². The van der Waals surface area contributed by atoms with Crippen molar-refractivity contribution in [2.75, 3.05) is 18.6 Å². The van der Waals surface area contributed by atoms with Gasteiger partial charge in [-0.3, -0.25) is 4.79 Å². The summed E-state index contributed by atoms with van der Waals surface area (Å²) in [5.74, 6) is 1.01. The lowest BCUT2D eigenvalue weighted by Crippen LogP contribution is -2.29. The molecule has 1 amide bonds. The van der Waals surface area contributed by atoms with Gasteiger partial charge in [-0.05, 0) is 56.2 Å². The topological polar surface area (TPSA) is 72.3 Å². The molecule has 0 aliphatic carbocycles. The molecule has 0 saturated carbocycles. The molecule has 1 aliphatic heterocycles. The van der Waals surface area contributed by atoms with E-state index >= 15 is 0 Å². The minimum atomic E-state index is -3.00. The lowest BCUT2D eigenvalue weighted by Gasteiger charge is -2.25. The molecule has 158 valence electrons. The highest BCUT2D eigenvalue weighted by atomic mass is 35.5. The summed E-state index contributed by atoms with van der Waals surface area (Å²) < 4.78 is 25.8. The number of aryl methyl sites for hydroxylation is 1. The molecule has 2 atom stereocenters. The molecule has 3 aromatic rings. The van der Waals surface area contributed by atoms with Crippen LogP contribution in [0, 0.1) is 6.92 Å². The number of hydrogen-bond donors (Lipinski definition) is 0. The smallest absolute Gasteiger partial charge is 0.254 e. The van der Waals surface area contributed by atoms with Crippen molar-refractivity contribution in [3.05, 3.63) is 64.4 Å². The Bertz CT molecular complexity index is 1220. The highest BCUT2D eigenvalue weighted by molar-refractivity contribution is 7.91. The second-order valence-electron chi connectivity index (χ2n) is 7.93. The van der Waals surface area contributed by atoms with Gasteiger partial charge in [0.25, 0.3) is 5.91 Å². The largest absolute Gasteiger partial charge is 0.335 e. The third-order valence-electron chi connectivity index (χ3n) is 5.94. The molecule has 1 fully saturated rings. The molecule has 0 spiro atoms. The van der Waals surface area contributed by atoms with Crippen molar-refractivity contribution < 1.29 is 13.2 Å². The average Bonchev–Trinajstić information content (AvgIpc) is 3.23. The molecule has 0 bridgehead atoms. The van der Waals surface area contributed by atoms with E-state index in [1.807, 2.05) is 48.7 Å². The van der Waals surface area contributed by atoms with E-state index in [0.29, 0.717) is 22.5 Å². The van der Waals surface area contributed by atoms with Crippen molar-refractivity contribution in [3.63, 3.8) is 0 Å². The van der Waals surface area contributed by atoms with Crippen LogP contribution in [0.2, 0.25) is 5.02 Å². The number of halogens is 1. The van der Waals surface area contributed by atoms with Crippen molar-refractivity contribution in [1.82, 2.24) is 14.5 Å². The minimum Gasteiger partial charge on any atom is -0.335 e. The number of amides is 1. The first-order chi connectivity index (χ1) is 14.2. The third-order valence-corrected chi connectivity index (χ3v) is 7.94. The summed E-state index contributed by atoms with van der Waals surface area (Å²) in [5.41, 5.74) is 3.11. The van der Waals surface area contributed by atoms with Crippen molar-refractivity contribution in [2.45, 2.75) is 32.4 Å². The minimum absolute atomic E-state index is 0.102. The standard InChI is InChI=1S/C22H24ClN3O3S/c1-14(16-4-7-18(23)8-5-16)25(3)22(27)17-6-9-21-20(12-17)24-15(2)26(21)19-10-11-30(28,29)13-19/h4-9,12,14,19H,10-11,13H2,1-3H3/t14-,19-/m1/s1. The first-order valence-corrected chi connectivity index (χ1v) is 12.1. The van der Waals surface area contributed by atoms with E-state index in [2.05, 4.69) is 4.98 Å². The lowest BCUT2D eigenvalue weighted by atomic mass is 10.1. The maximum absolute atomic E-state index is 13.1. The fourth-order valence-electron chi connectivity index (χ4n) is 4.14. The van der Waals surface area contributed by atoms with Gasteiger partial charge in [-0.15, -0.1) is 0 Å². The van der Waals surface area contributed by atoms with Crippen molar-refractivity contribution in [3.8, 4) is 0 Å². The van der Waals surface area contributed by atoms with Gasteiger partial charge in [-0.1, -0.05) is 23.7 Å². The van der Waals surface area contributed by atoms with E-state index in [0.717, 1.165) is 16.9 Å². The summed E-state index contributed by atoms with van der Waals surface area (Å²) in [6, 6.07) is 12.7. The van der Waals surface area contributed by atoms with Gasteiger partial charge < -0.3 is 9.47 Å². The molecule has 2 aromatic carbocycles. The fourth-order valence-corrected chi connectivity index (χ4v) is 5.96. The SMILES string of the molecule is Cc1nc2cc(C(=O)N(C)[C@H](C)c3ccc(Cl)cc3)ccc2n1[C@@H]1CCS(=O)(=O)C1. The van der Waals surface area contributed by atoms with Crippen LogP contribution in [-0.2, 0) is 9.84 Å². The highest BCUT2D eigenvalue weighted by Gasteiger charge is 2.31. The average molecular weight is 446 g/mol. The Morgan fingerprint density at radius 1 is 1.23 bits per heavy atom. The Balaban J connectivity index is 1.62. The van der Waals surface area contributed by atoms with E-state index in [9.17, 15) is 13.2 Å². The molecule has 1 saturated heterocycles. The van der Waals surface area contributed by atoms with Gasteiger partial charge in [0.05, 0.1) is 34.6 Å². The van der Waals surface area contributed by atoms with E-state index in [1.54, 1.807) is 24.1 Å². The van der Waals surface area contributed by atoms with Gasteiger partial charge >= 0.3 is 0 Å². The van der Waals surface area contributed by atoms with Crippen LogP contribution in [0.4, 0.5) is 0 Å². The first-order valence-electron chi connectivity index (χ1n) is 9.88. The van der Waals surface area contributed by atoms with E-state index in [4.69, 9.17) is 11.6 Å². The third kappa shape index (κ3) is 3.84. The number of sulfone groups is 1. The zero-order valence-electron chi connectivity index (χ0n) is 17.2. The molecule has 0 unspecified atom stereocenters. The summed E-state index contributed by atoms with van der Waals surface area (Å²) in [6.45, 7) is 3.85. The number of benzene rings is 2. The number of nitrogens with zero attached hydrogens (tertiary/aromatic N) is 3. The number of carbonyl (C=O) groups excluding carboxylic acids is 1. The fraction of sp³-hybridized carbons (Fsp3) is 0.364. The van der Waals surface area contributed by atoms with Gasteiger partial charge in [0.15, 0.2) is 9.84 Å². The van der Waals surface area contributed by atoms with Crippen molar-refractivity contribution in [2.24, 2.45) is 0 Å². The maximum Gasteiger partial charge on any atom is 0.254 e. The zero-order chi connectivity index (χ0) is 21.6. The van der Waals surface area contributed by atoms with Gasteiger partial charge in [0.1, 0.15) is 5.82 Å². The van der Waals surface area contributed by atoms with Gasteiger partial charge in [0, 0.05) is 17.6 Å². The summed E-state index contributed by atoms with van der Waals surface area (Å²) in [7, 11) is -1.22. The van der Waals surface area contributed by atoms with Crippen LogP contribution in [0.25, 0.3) is 11.0 Å². The van der Waals surface area contributed by atoms with Crippen LogP contribution in [0.5, 0.6) is 0 Å². The Morgan fingerprint density at radius 2 is 1.93 bits per heavy atom. The monoisotopic (exact) mass is 445 g/mol. The van der Waals surface area contributed by atoms with E-state index in [1.165, 1.54) is 0 Å². The number of aromatic nitrogens is 2. The van der Waals surface area contributed by atoms with Gasteiger partial charge in [0.2, 0.25) is 0 Å². The Labute approximate surface area is 181 Å². The molecule has 6 nitrogen and oxygen atoms in total. The quantitative estimate of drug-likeness (QED) is 0.603. The zero-order valence-corrected chi connectivity index (χ0v) is 18.7. The predicted molar refractivity (Wildman–Crippen MR) is 119 cm³/mol. The van der Waals surface area contributed by atoms with Crippen LogP contribution in [0.15, 0.2) is 42.5 Å². The number of fused-ring (bicyclic) bond motifs is 1. The summed E-state index contributed by atoms with van der Waals surface area (Å²) in [5, 5.41) is 0.659. The second-order valence-corrected chi connectivity index (χ2v) is 10.6. The van der Waals surface area contributed by atoms with Crippen LogP contribution in [-0.4, -0.2) is 47.3 Å². The van der Waals surface area contributed by atoms with Crippen molar-refractivity contribution in [1.29, 1.82) is 0 Å². The second kappa shape index (κ2) is 7.71. The van der Waals surface area contributed by atoms with Crippen LogP contribution < -0.4 is 0 Å². The predicted octanol–water partition coefficient (Wildman–Crippen LogP) is 4.19.